The molecule has 25 heavy (non-hydrogen) atoms. The van der Waals surface area contributed by atoms with E-state index in [9.17, 15) is 4.79 Å². The van der Waals surface area contributed by atoms with Gasteiger partial charge in [0.05, 0.1) is 22.0 Å². The third-order valence-electron chi connectivity index (χ3n) is 3.94. The number of hydrogen-bond donors (Lipinski definition) is 2. The predicted molar refractivity (Wildman–Crippen MR) is 105 cm³/mol. The molecule has 0 radical (unpaired) electrons. The lowest BCUT2D eigenvalue weighted by molar-refractivity contribution is 0.102. The highest BCUT2D eigenvalue weighted by atomic mass is 35.5. The summed E-state index contributed by atoms with van der Waals surface area (Å²) in [5.41, 5.74) is 5.20. The van der Waals surface area contributed by atoms with Crippen LogP contribution >= 0.6 is 11.6 Å². The normalized spacial score (nSPS) is 10.4. The van der Waals surface area contributed by atoms with E-state index in [4.69, 9.17) is 11.6 Å². The molecule has 0 saturated heterocycles. The molecule has 2 N–H and O–H groups in total. The summed E-state index contributed by atoms with van der Waals surface area (Å²) in [7, 11) is 0. The topological polar surface area (TPSA) is 41.1 Å². The van der Waals surface area contributed by atoms with E-state index in [1.54, 1.807) is 18.2 Å². The Labute approximate surface area is 152 Å². The highest BCUT2D eigenvalue weighted by Crippen LogP contribution is 2.26. The van der Waals surface area contributed by atoms with Crippen LogP contribution in [-0.4, -0.2) is 5.91 Å². The average Bonchev–Trinajstić information content (AvgIpc) is 2.60. The predicted octanol–water partition coefficient (Wildman–Crippen LogP) is 5.95. The Morgan fingerprint density at radius 1 is 0.840 bits per heavy atom. The van der Waals surface area contributed by atoms with Crippen LogP contribution in [0.15, 0.2) is 66.7 Å². The highest BCUT2D eigenvalue weighted by Gasteiger charge is 2.13. The van der Waals surface area contributed by atoms with Crippen LogP contribution in [0.25, 0.3) is 0 Å². The van der Waals surface area contributed by atoms with E-state index < -0.39 is 0 Å². The first-order valence-corrected chi connectivity index (χ1v) is 8.41. The van der Waals surface area contributed by atoms with E-state index in [-0.39, 0.29) is 5.91 Å². The highest BCUT2D eigenvalue weighted by molar-refractivity contribution is 6.34. The van der Waals surface area contributed by atoms with Gasteiger partial charge < -0.3 is 10.6 Å². The molecule has 0 atom stereocenters. The van der Waals surface area contributed by atoms with Crippen molar-refractivity contribution in [3.63, 3.8) is 0 Å². The van der Waals surface area contributed by atoms with Crippen LogP contribution in [0, 0.1) is 13.8 Å². The zero-order valence-corrected chi connectivity index (χ0v) is 14.9. The van der Waals surface area contributed by atoms with Crippen LogP contribution in [0.3, 0.4) is 0 Å². The first-order chi connectivity index (χ1) is 12.0. The lowest BCUT2D eigenvalue weighted by Crippen LogP contribution is -2.14. The van der Waals surface area contributed by atoms with E-state index in [0.717, 1.165) is 16.9 Å². The van der Waals surface area contributed by atoms with Gasteiger partial charge in [0.2, 0.25) is 0 Å². The summed E-state index contributed by atoms with van der Waals surface area (Å²) in [4.78, 5) is 12.7. The zero-order valence-electron chi connectivity index (χ0n) is 14.1. The zero-order chi connectivity index (χ0) is 17.8. The van der Waals surface area contributed by atoms with Crippen LogP contribution in [0.1, 0.15) is 21.5 Å². The SMILES string of the molecule is Cc1ccc(Nc2ccccc2C(=O)Nc2ccccc2Cl)c(C)c1. The molecule has 0 aliphatic heterocycles. The monoisotopic (exact) mass is 350 g/mol. The van der Waals surface area contributed by atoms with Crippen LogP contribution in [-0.2, 0) is 0 Å². The molecule has 3 aromatic rings. The number of rotatable bonds is 4. The molecule has 4 heteroatoms. The van der Waals surface area contributed by atoms with Crippen molar-refractivity contribution in [2.75, 3.05) is 10.6 Å². The van der Waals surface area contributed by atoms with Gasteiger partial charge >= 0.3 is 0 Å². The second kappa shape index (κ2) is 7.41. The summed E-state index contributed by atoms with van der Waals surface area (Å²) in [6, 6.07) is 20.8. The van der Waals surface area contributed by atoms with Crippen molar-refractivity contribution in [2.24, 2.45) is 0 Å². The van der Waals surface area contributed by atoms with E-state index in [2.05, 4.69) is 23.6 Å². The van der Waals surface area contributed by atoms with Crippen molar-refractivity contribution in [1.82, 2.24) is 0 Å². The van der Waals surface area contributed by atoms with Crippen molar-refractivity contribution < 1.29 is 4.79 Å². The summed E-state index contributed by atoms with van der Waals surface area (Å²) >= 11 is 6.13. The number of nitrogens with one attached hydrogen (secondary N) is 2. The fraction of sp³-hybridized carbons (Fsp3) is 0.0952. The van der Waals surface area contributed by atoms with Crippen LogP contribution in [0.2, 0.25) is 5.02 Å². The van der Waals surface area contributed by atoms with E-state index in [1.165, 1.54) is 5.56 Å². The third-order valence-corrected chi connectivity index (χ3v) is 4.27. The maximum absolute atomic E-state index is 12.7. The van der Waals surface area contributed by atoms with E-state index in [0.29, 0.717) is 16.3 Å². The van der Waals surface area contributed by atoms with Gasteiger partial charge in [0.25, 0.3) is 5.91 Å². The molecule has 3 aromatic carbocycles. The number of carbonyl (C=O) groups is 1. The summed E-state index contributed by atoms with van der Waals surface area (Å²) in [6.07, 6.45) is 0. The Hall–Kier alpha value is -2.78. The Morgan fingerprint density at radius 2 is 1.52 bits per heavy atom. The third kappa shape index (κ3) is 4.01. The van der Waals surface area contributed by atoms with Gasteiger partial charge in [0.1, 0.15) is 0 Å². The number of halogens is 1. The minimum absolute atomic E-state index is 0.207. The first-order valence-electron chi connectivity index (χ1n) is 8.04. The quantitative estimate of drug-likeness (QED) is 0.610. The molecule has 126 valence electrons. The lowest BCUT2D eigenvalue weighted by Gasteiger charge is -2.14. The summed E-state index contributed by atoms with van der Waals surface area (Å²) in [5, 5.41) is 6.73. The summed E-state index contributed by atoms with van der Waals surface area (Å²) in [5.74, 6) is -0.207. The molecule has 0 bridgehead atoms. The number of amides is 1. The Kier molecular flexibility index (Phi) is 5.05. The fourth-order valence-electron chi connectivity index (χ4n) is 2.64. The number of para-hydroxylation sites is 2. The molecule has 1 amide bonds. The summed E-state index contributed by atoms with van der Waals surface area (Å²) in [6.45, 7) is 4.10. The second-order valence-corrected chi connectivity index (χ2v) is 6.33. The van der Waals surface area contributed by atoms with Crippen molar-refractivity contribution in [3.05, 3.63) is 88.4 Å². The van der Waals surface area contributed by atoms with Gasteiger partial charge in [-0.3, -0.25) is 4.79 Å². The summed E-state index contributed by atoms with van der Waals surface area (Å²) < 4.78 is 0. The van der Waals surface area contributed by atoms with Gasteiger partial charge in [-0.25, -0.2) is 0 Å². The van der Waals surface area contributed by atoms with Gasteiger partial charge in [0, 0.05) is 5.69 Å². The first kappa shape index (κ1) is 17.1. The molecule has 3 rings (SSSR count). The van der Waals surface area contributed by atoms with Gasteiger partial charge in [-0.05, 0) is 49.7 Å². The lowest BCUT2D eigenvalue weighted by atomic mass is 10.1. The largest absolute Gasteiger partial charge is 0.355 e. The van der Waals surface area contributed by atoms with Gasteiger partial charge in [0.15, 0.2) is 0 Å². The van der Waals surface area contributed by atoms with Crippen LogP contribution in [0.5, 0.6) is 0 Å². The smallest absolute Gasteiger partial charge is 0.257 e. The molecule has 3 nitrogen and oxygen atoms in total. The second-order valence-electron chi connectivity index (χ2n) is 5.92. The van der Waals surface area contributed by atoms with Crippen molar-refractivity contribution >= 4 is 34.6 Å². The molecular weight excluding hydrogens is 332 g/mol. The van der Waals surface area contributed by atoms with E-state index >= 15 is 0 Å². The maximum atomic E-state index is 12.7. The molecular formula is C21H19ClN2O. The standard InChI is InChI=1S/C21H19ClN2O/c1-14-11-12-18(15(2)13-14)23-19-9-5-3-7-16(19)21(25)24-20-10-6-4-8-17(20)22/h3-13,23H,1-2H3,(H,24,25). The Bertz CT molecular complexity index is 921. The number of anilines is 3. The Morgan fingerprint density at radius 3 is 2.24 bits per heavy atom. The van der Waals surface area contributed by atoms with Crippen molar-refractivity contribution in [2.45, 2.75) is 13.8 Å². The van der Waals surface area contributed by atoms with Crippen LogP contribution < -0.4 is 10.6 Å². The molecule has 0 spiro atoms. The minimum Gasteiger partial charge on any atom is -0.355 e. The molecule has 0 unspecified atom stereocenters. The maximum Gasteiger partial charge on any atom is 0.257 e. The van der Waals surface area contributed by atoms with Crippen molar-refractivity contribution in [3.8, 4) is 0 Å². The number of hydrogen-bond acceptors (Lipinski definition) is 2. The average molecular weight is 351 g/mol. The molecule has 0 aliphatic carbocycles. The molecule has 0 heterocycles. The number of carbonyl (C=O) groups excluding carboxylic acids is 1. The number of aryl methyl sites for hydroxylation is 2. The number of benzene rings is 3. The molecule has 0 aromatic heterocycles. The van der Waals surface area contributed by atoms with Gasteiger partial charge in [-0.2, -0.15) is 0 Å². The van der Waals surface area contributed by atoms with Crippen molar-refractivity contribution in [1.29, 1.82) is 0 Å². The molecule has 0 saturated carbocycles. The minimum atomic E-state index is -0.207. The molecule has 0 fully saturated rings. The fourth-order valence-corrected chi connectivity index (χ4v) is 2.82. The van der Waals surface area contributed by atoms with E-state index in [1.807, 2.05) is 49.4 Å². The Balaban J connectivity index is 1.88. The van der Waals surface area contributed by atoms with Gasteiger partial charge in [-0.15, -0.1) is 0 Å². The van der Waals surface area contributed by atoms with Crippen LogP contribution in [0.4, 0.5) is 17.1 Å². The molecule has 0 aliphatic rings. The van der Waals surface area contributed by atoms with Gasteiger partial charge in [-0.1, -0.05) is 53.6 Å².